The summed E-state index contributed by atoms with van der Waals surface area (Å²) in [5, 5.41) is 6.03. The molecule has 0 aromatic heterocycles. The molecule has 1 aliphatic heterocycles. The van der Waals surface area contributed by atoms with Crippen molar-refractivity contribution in [3.8, 4) is 0 Å². The van der Waals surface area contributed by atoms with Gasteiger partial charge in [-0.1, -0.05) is 34.1 Å². The highest BCUT2D eigenvalue weighted by molar-refractivity contribution is 9.10. The average Bonchev–Trinajstić information content (AvgIpc) is 3.16. The number of carbonyl (C=O) groups is 1. The van der Waals surface area contributed by atoms with Gasteiger partial charge in [0.05, 0.1) is 12.6 Å². The van der Waals surface area contributed by atoms with Crippen LogP contribution in [0.1, 0.15) is 23.2 Å². The summed E-state index contributed by atoms with van der Waals surface area (Å²) in [6.07, 6.45) is 2.18. The van der Waals surface area contributed by atoms with Crippen LogP contribution < -0.4 is 10.6 Å². The lowest BCUT2D eigenvalue weighted by molar-refractivity contribution is 0.0975. The molecule has 130 valence electrons. The van der Waals surface area contributed by atoms with Crippen LogP contribution in [0.5, 0.6) is 0 Å². The van der Waals surface area contributed by atoms with Crippen LogP contribution >= 0.6 is 15.9 Å². The topological polar surface area (TPSA) is 62.7 Å². The predicted molar refractivity (Wildman–Crippen MR) is 103 cm³/mol. The summed E-state index contributed by atoms with van der Waals surface area (Å²) in [6.45, 7) is 1.31. The highest BCUT2D eigenvalue weighted by Gasteiger charge is 2.16. The van der Waals surface area contributed by atoms with Crippen molar-refractivity contribution in [2.75, 3.05) is 18.5 Å². The summed E-state index contributed by atoms with van der Waals surface area (Å²) in [7, 11) is 0. The van der Waals surface area contributed by atoms with Gasteiger partial charge in [-0.3, -0.25) is 10.1 Å². The number of amides is 1. The quantitative estimate of drug-likeness (QED) is 0.604. The molecular formula is C19H20BrN3O2. The number of nitrogens with zero attached hydrogens (tertiary/aromatic N) is 1. The Labute approximate surface area is 155 Å². The number of guanidine groups is 1. The lowest BCUT2D eigenvalue weighted by atomic mass is 10.2. The van der Waals surface area contributed by atoms with Crippen LogP contribution in [-0.4, -0.2) is 31.1 Å². The van der Waals surface area contributed by atoms with Crippen molar-refractivity contribution in [3.05, 3.63) is 64.6 Å². The molecule has 0 spiro atoms. The van der Waals surface area contributed by atoms with E-state index in [0.29, 0.717) is 18.1 Å². The molecule has 0 saturated carbocycles. The van der Waals surface area contributed by atoms with E-state index < -0.39 is 0 Å². The second-order valence-corrected chi connectivity index (χ2v) is 6.69. The Balaban J connectivity index is 1.71. The van der Waals surface area contributed by atoms with E-state index in [2.05, 4.69) is 31.6 Å². The van der Waals surface area contributed by atoms with Crippen LogP contribution in [0.4, 0.5) is 5.69 Å². The third-order valence-corrected chi connectivity index (χ3v) is 4.38. The van der Waals surface area contributed by atoms with Gasteiger partial charge in [0.15, 0.2) is 0 Å². The summed E-state index contributed by atoms with van der Waals surface area (Å²) in [5.41, 5.74) is 1.44. The van der Waals surface area contributed by atoms with Gasteiger partial charge in [-0.25, -0.2) is 4.99 Å². The predicted octanol–water partition coefficient (Wildman–Crippen LogP) is 3.83. The van der Waals surface area contributed by atoms with Gasteiger partial charge in [0.1, 0.15) is 0 Å². The number of hydrogen-bond donors (Lipinski definition) is 2. The molecule has 1 saturated heterocycles. The first-order valence-corrected chi connectivity index (χ1v) is 9.05. The van der Waals surface area contributed by atoms with E-state index in [4.69, 9.17) is 4.74 Å². The van der Waals surface area contributed by atoms with Crippen molar-refractivity contribution in [2.45, 2.75) is 18.9 Å². The van der Waals surface area contributed by atoms with Gasteiger partial charge in [0.25, 0.3) is 5.91 Å². The van der Waals surface area contributed by atoms with E-state index in [1.165, 1.54) is 0 Å². The molecule has 2 aromatic carbocycles. The number of ether oxygens (including phenoxy) is 1. The number of aliphatic imine (C=N–C) groups is 1. The Bertz CT molecular complexity index is 726. The van der Waals surface area contributed by atoms with Gasteiger partial charge in [-0.05, 0) is 49.2 Å². The van der Waals surface area contributed by atoms with E-state index in [0.717, 1.165) is 29.6 Å². The van der Waals surface area contributed by atoms with E-state index in [-0.39, 0.29) is 12.0 Å². The van der Waals surface area contributed by atoms with Gasteiger partial charge in [0.2, 0.25) is 5.96 Å². The van der Waals surface area contributed by atoms with Gasteiger partial charge in [0, 0.05) is 22.3 Å². The van der Waals surface area contributed by atoms with Crippen molar-refractivity contribution in [2.24, 2.45) is 4.99 Å². The Kier molecular flexibility index (Phi) is 6.19. The maximum Gasteiger partial charge on any atom is 0.257 e. The minimum Gasteiger partial charge on any atom is -0.376 e. The normalized spacial score (nSPS) is 17.3. The largest absolute Gasteiger partial charge is 0.376 e. The molecule has 1 fully saturated rings. The number of hydrogen-bond acceptors (Lipinski definition) is 3. The second-order valence-electron chi connectivity index (χ2n) is 5.78. The molecule has 3 rings (SSSR count). The number of benzene rings is 2. The molecule has 2 aromatic rings. The first-order chi connectivity index (χ1) is 12.2. The van der Waals surface area contributed by atoms with Gasteiger partial charge in [-0.2, -0.15) is 0 Å². The molecular weight excluding hydrogens is 382 g/mol. The van der Waals surface area contributed by atoms with Crippen molar-refractivity contribution in [1.82, 2.24) is 5.32 Å². The first kappa shape index (κ1) is 17.6. The molecule has 0 aliphatic carbocycles. The minimum atomic E-state index is -0.198. The van der Waals surface area contributed by atoms with Gasteiger partial charge < -0.3 is 10.1 Å². The fourth-order valence-corrected chi connectivity index (χ4v) is 2.80. The Hall–Kier alpha value is -2.18. The SMILES string of the molecule is O=C(NC(=NC[C@@H]1CCCO1)Nc1ccc(Br)cc1)c1ccccc1. The molecule has 0 bridgehead atoms. The smallest absolute Gasteiger partial charge is 0.257 e. The molecule has 1 amide bonds. The summed E-state index contributed by atoms with van der Waals surface area (Å²) in [6, 6.07) is 16.8. The number of carbonyl (C=O) groups excluding carboxylic acids is 1. The third kappa shape index (κ3) is 5.41. The van der Waals surface area contributed by atoms with Crippen LogP contribution in [0.15, 0.2) is 64.1 Å². The second kappa shape index (κ2) is 8.78. The van der Waals surface area contributed by atoms with E-state index >= 15 is 0 Å². The number of nitrogens with one attached hydrogen (secondary N) is 2. The molecule has 0 radical (unpaired) electrons. The lowest BCUT2D eigenvalue weighted by Crippen LogP contribution is -2.36. The number of anilines is 1. The molecule has 1 aliphatic rings. The van der Waals surface area contributed by atoms with Crippen LogP contribution in [0, 0.1) is 0 Å². The molecule has 25 heavy (non-hydrogen) atoms. The average molecular weight is 402 g/mol. The summed E-state index contributed by atoms with van der Waals surface area (Å²) in [4.78, 5) is 17.0. The van der Waals surface area contributed by atoms with Crippen LogP contribution in [0.25, 0.3) is 0 Å². The minimum absolute atomic E-state index is 0.121. The summed E-state index contributed by atoms with van der Waals surface area (Å²) >= 11 is 3.41. The monoisotopic (exact) mass is 401 g/mol. The lowest BCUT2D eigenvalue weighted by Gasteiger charge is -2.13. The highest BCUT2D eigenvalue weighted by atomic mass is 79.9. The Morgan fingerprint density at radius 2 is 1.92 bits per heavy atom. The molecule has 5 nitrogen and oxygen atoms in total. The van der Waals surface area contributed by atoms with Crippen molar-refractivity contribution in [3.63, 3.8) is 0 Å². The Morgan fingerprint density at radius 1 is 1.16 bits per heavy atom. The molecule has 1 heterocycles. The molecule has 0 unspecified atom stereocenters. The number of rotatable bonds is 4. The first-order valence-electron chi connectivity index (χ1n) is 8.26. The zero-order valence-electron chi connectivity index (χ0n) is 13.7. The number of halogens is 1. The maximum atomic E-state index is 12.4. The molecule has 1 atom stereocenters. The van der Waals surface area contributed by atoms with Gasteiger partial charge >= 0.3 is 0 Å². The zero-order chi connectivity index (χ0) is 17.5. The summed E-state index contributed by atoms with van der Waals surface area (Å²) < 4.78 is 6.60. The van der Waals surface area contributed by atoms with Crippen molar-refractivity contribution < 1.29 is 9.53 Å². The molecule has 6 heteroatoms. The van der Waals surface area contributed by atoms with E-state index in [9.17, 15) is 4.79 Å². The van der Waals surface area contributed by atoms with E-state index in [1.54, 1.807) is 12.1 Å². The fourth-order valence-electron chi connectivity index (χ4n) is 2.53. The highest BCUT2D eigenvalue weighted by Crippen LogP contribution is 2.15. The fraction of sp³-hybridized carbons (Fsp3) is 0.263. The molecule has 2 N–H and O–H groups in total. The Morgan fingerprint density at radius 3 is 2.60 bits per heavy atom. The van der Waals surface area contributed by atoms with Crippen LogP contribution in [-0.2, 0) is 4.74 Å². The maximum absolute atomic E-state index is 12.4. The van der Waals surface area contributed by atoms with Crippen molar-refractivity contribution >= 4 is 33.5 Å². The van der Waals surface area contributed by atoms with E-state index in [1.807, 2.05) is 42.5 Å². The standard InChI is InChI=1S/C19H20BrN3O2/c20-15-8-10-16(11-9-15)22-19(21-13-17-7-4-12-25-17)23-18(24)14-5-2-1-3-6-14/h1-3,5-6,8-11,17H,4,7,12-13H2,(H2,21,22,23,24)/t17-/m0/s1. The van der Waals surface area contributed by atoms with Crippen LogP contribution in [0.2, 0.25) is 0 Å². The third-order valence-electron chi connectivity index (χ3n) is 3.85. The van der Waals surface area contributed by atoms with Gasteiger partial charge in [-0.15, -0.1) is 0 Å². The zero-order valence-corrected chi connectivity index (χ0v) is 15.3. The summed E-state index contributed by atoms with van der Waals surface area (Å²) in [5.74, 6) is 0.225. The van der Waals surface area contributed by atoms with Crippen molar-refractivity contribution in [1.29, 1.82) is 0 Å². The van der Waals surface area contributed by atoms with Crippen LogP contribution in [0.3, 0.4) is 0 Å².